The second kappa shape index (κ2) is 13.4. The van der Waals surface area contributed by atoms with E-state index in [1.165, 1.54) is 5.57 Å². The summed E-state index contributed by atoms with van der Waals surface area (Å²) in [7, 11) is 1.65. The van der Waals surface area contributed by atoms with E-state index in [1.807, 2.05) is 13.8 Å². The van der Waals surface area contributed by atoms with E-state index in [0.29, 0.717) is 29.9 Å². The minimum absolute atomic E-state index is 0.130. The summed E-state index contributed by atoms with van der Waals surface area (Å²) in [5.41, 5.74) is 2.01. The summed E-state index contributed by atoms with van der Waals surface area (Å²) in [5, 5.41) is 3.29. The number of carbonyl (C=O) groups excluding carboxylic acids is 1. The fourth-order valence-corrected chi connectivity index (χ4v) is 3.15. The summed E-state index contributed by atoms with van der Waals surface area (Å²) in [6.45, 7) is 9.54. The lowest BCUT2D eigenvalue weighted by molar-refractivity contribution is 0.215. The molecule has 0 aromatic heterocycles. The average Bonchev–Trinajstić information content (AvgIpc) is 2.67. The van der Waals surface area contributed by atoms with Crippen LogP contribution < -0.4 is 5.32 Å². The van der Waals surface area contributed by atoms with Gasteiger partial charge in [0.2, 0.25) is 0 Å². The van der Waals surface area contributed by atoms with Crippen molar-refractivity contribution in [3.63, 3.8) is 0 Å². The summed E-state index contributed by atoms with van der Waals surface area (Å²) in [4.78, 5) is 18.3. The summed E-state index contributed by atoms with van der Waals surface area (Å²) in [5.74, 6) is 0.856. The monoisotopic (exact) mass is 405 g/mol. The second-order valence-corrected chi connectivity index (χ2v) is 7.66. The fraction of sp³-hybridized carbons (Fsp3) is 0.565. The van der Waals surface area contributed by atoms with E-state index in [2.05, 4.69) is 60.6 Å². The van der Waals surface area contributed by atoms with Crippen LogP contribution in [-0.2, 0) is 0 Å². The zero-order chi connectivity index (χ0) is 20.9. The van der Waals surface area contributed by atoms with Gasteiger partial charge < -0.3 is 5.32 Å². The van der Waals surface area contributed by atoms with E-state index in [1.54, 1.807) is 11.9 Å². The van der Waals surface area contributed by atoms with E-state index in [0.717, 1.165) is 25.7 Å². The standard InChI is InChI=1S/C23H36ClN3O/c1-6-16-26-23(28)27(7-2)21(22(24)25-5)17-19(4)14-15-20-12-8-10-18(3)11-9-13-20/h8-10,12-13,17-19H,6-7,11,14-16H2,1-5H3,(H,26,28). The molecule has 0 spiro atoms. The number of aliphatic imine (C=N–C) groups is 1. The number of urea groups is 1. The van der Waals surface area contributed by atoms with Gasteiger partial charge in [-0.1, -0.05) is 68.8 Å². The van der Waals surface area contributed by atoms with Crippen LogP contribution in [0, 0.1) is 11.8 Å². The van der Waals surface area contributed by atoms with Gasteiger partial charge in [0.15, 0.2) is 0 Å². The molecular formula is C23H36ClN3O. The van der Waals surface area contributed by atoms with Gasteiger partial charge >= 0.3 is 6.03 Å². The van der Waals surface area contributed by atoms with Crippen LogP contribution in [0.2, 0.25) is 0 Å². The first-order chi connectivity index (χ1) is 13.4. The lowest BCUT2D eigenvalue weighted by Crippen LogP contribution is -2.41. The number of nitrogens with zero attached hydrogens (tertiary/aromatic N) is 2. The van der Waals surface area contributed by atoms with E-state index >= 15 is 0 Å². The van der Waals surface area contributed by atoms with Crippen LogP contribution in [0.5, 0.6) is 0 Å². The number of nitrogens with one attached hydrogen (secondary N) is 1. The molecule has 4 nitrogen and oxygen atoms in total. The molecule has 2 atom stereocenters. The SMILES string of the molecule is CCCNC(=O)N(CC)C(=CC(C)CCC1=CC=CC(C)CC=C1)C(Cl)=NC. The lowest BCUT2D eigenvalue weighted by Gasteiger charge is -2.24. The van der Waals surface area contributed by atoms with Gasteiger partial charge in [-0.15, -0.1) is 0 Å². The van der Waals surface area contributed by atoms with Crippen molar-refractivity contribution in [1.82, 2.24) is 10.2 Å². The first-order valence-corrected chi connectivity index (χ1v) is 10.7. The smallest absolute Gasteiger partial charge is 0.321 e. The number of amides is 2. The van der Waals surface area contributed by atoms with Crippen LogP contribution in [-0.4, -0.2) is 36.2 Å². The molecule has 0 radical (unpaired) electrons. The lowest BCUT2D eigenvalue weighted by atomic mass is 9.97. The first-order valence-electron chi connectivity index (χ1n) is 10.4. The van der Waals surface area contributed by atoms with Crippen molar-refractivity contribution in [2.75, 3.05) is 20.1 Å². The zero-order valence-corrected chi connectivity index (χ0v) is 18.8. The Morgan fingerprint density at radius 1 is 1.46 bits per heavy atom. The molecule has 2 unspecified atom stereocenters. The summed E-state index contributed by atoms with van der Waals surface area (Å²) in [6, 6.07) is -0.130. The first kappa shape index (κ1) is 24.2. The molecule has 0 bridgehead atoms. The van der Waals surface area contributed by atoms with E-state index in [9.17, 15) is 4.79 Å². The average molecular weight is 406 g/mol. The molecule has 0 aromatic carbocycles. The Bertz CT molecular complexity index is 646. The second-order valence-electron chi connectivity index (χ2n) is 7.30. The minimum atomic E-state index is -0.130. The topological polar surface area (TPSA) is 44.7 Å². The highest BCUT2D eigenvalue weighted by molar-refractivity contribution is 6.69. The van der Waals surface area contributed by atoms with Crippen LogP contribution in [0.25, 0.3) is 0 Å². The normalized spacial score (nSPS) is 18.9. The Kier molecular flexibility index (Phi) is 11.6. The third kappa shape index (κ3) is 8.47. The summed E-state index contributed by atoms with van der Waals surface area (Å²) in [6.07, 6.45) is 17.1. The van der Waals surface area contributed by atoms with Crippen LogP contribution in [0.3, 0.4) is 0 Å². The molecule has 2 amide bonds. The molecule has 0 saturated carbocycles. The van der Waals surface area contributed by atoms with Gasteiger partial charge in [0.05, 0.1) is 5.70 Å². The maximum atomic E-state index is 12.5. The molecule has 0 fully saturated rings. The third-order valence-corrected chi connectivity index (χ3v) is 5.07. The van der Waals surface area contributed by atoms with Crippen molar-refractivity contribution in [3.05, 3.63) is 47.7 Å². The number of hydrogen-bond donors (Lipinski definition) is 1. The van der Waals surface area contributed by atoms with Crippen LogP contribution in [0.4, 0.5) is 4.79 Å². The molecule has 5 heteroatoms. The van der Waals surface area contributed by atoms with Gasteiger partial charge in [-0.2, -0.15) is 0 Å². The Labute approximate surface area is 176 Å². The van der Waals surface area contributed by atoms with Crippen molar-refractivity contribution < 1.29 is 4.79 Å². The van der Waals surface area contributed by atoms with Gasteiger partial charge in [-0.05, 0) is 50.0 Å². The molecule has 1 aliphatic rings. The van der Waals surface area contributed by atoms with Crippen LogP contribution in [0.15, 0.2) is 52.7 Å². The van der Waals surface area contributed by atoms with Gasteiger partial charge in [0, 0.05) is 20.1 Å². The molecule has 1 N–H and O–H groups in total. The zero-order valence-electron chi connectivity index (χ0n) is 18.0. The molecule has 0 aromatic rings. The van der Waals surface area contributed by atoms with Gasteiger partial charge in [-0.25, -0.2) is 4.79 Å². The van der Waals surface area contributed by atoms with Gasteiger partial charge in [0.25, 0.3) is 0 Å². The Hall–Kier alpha value is -1.81. The van der Waals surface area contributed by atoms with Crippen LogP contribution >= 0.6 is 11.6 Å². The van der Waals surface area contributed by atoms with Crippen molar-refractivity contribution in [2.45, 2.75) is 53.4 Å². The Balaban J connectivity index is 2.88. The number of hydrogen-bond acceptors (Lipinski definition) is 2. The summed E-state index contributed by atoms with van der Waals surface area (Å²) < 4.78 is 0. The van der Waals surface area contributed by atoms with Crippen molar-refractivity contribution >= 4 is 22.8 Å². The van der Waals surface area contributed by atoms with Gasteiger partial charge in [0.1, 0.15) is 5.17 Å². The van der Waals surface area contributed by atoms with Crippen LogP contribution in [0.1, 0.15) is 53.4 Å². The Morgan fingerprint density at radius 3 is 2.86 bits per heavy atom. The molecule has 1 rings (SSSR count). The van der Waals surface area contributed by atoms with Crippen molar-refractivity contribution in [3.8, 4) is 0 Å². The summed E-state index contributed by atoms with van der Waals surface area (Å²) >= 11 is 6.36. The Morgan fingerprint density at radius 2 is 2.21 bits per heavy atom. The number of rotatable bonds is 9. The minimum Gasteiger partial charge on any atom is -0.338 e. The molecule has 28 heavy (non-hydrogen) atoms. The quantitative estimate of drug-likeness (QED) is 0.464. The number of halogens is 1. The fourth-order valence-electron chi connectivity index (χ4n) is 2.99. The predicted octanol–water partition coefficient (Wildman–Crippen LogP) is 6.07. The molecule has 0 saturated heterocycles. The van der Waals surface area contributed by atoms with E-state index in [-0.39, 0.29) is 11.9 Å². The maximum absolute atomic E-state index is 12.5. The van der Waals surface area contributed by atoms with E-state index < -0.39 is 0 Å². The van der Waals surface area contributed by atoms with Crippen molar-refractivity contribution in [1.29, 1.82) is 0 Å². The molecular weight excluding hydrogens is 370 g/mol. The van der Waals surface area contributed by atoms with Crippen molar-refractivity contribution in [2.24, 2.45) is 16.8 Å². The number of allylic oxidation sites excluding steroid dienone is 8. The highest BCUT2D eigenvalue weighted by Crippen LogP contribution is 2.21. The predicted molar refractivity (Wildman–Crippen MR) is 122 cm³/mol. The molecule has 0 heterocycles. The maximum Gasteiger partial charge on any atom is 0.321 e. The molecule has 0 aliphatic heterocycles. The number of carbonyl (C=O) groups is 1. The van der Waals surface area contributed by atoms with Gasteiger partial charge in [-0.3, -0.25) is 9.89 Å². The highest BCUT2D eigenvalue weighted by Gasteiger charge is 2.20. The molecule has 156 valence electrons. The van der Waals surface area contributed by atoms with E-state index in [4.69, 9.17) is 11.6 Å². The molecule has 1 aliphatic carbocycles. The largest absolute Gasteiger partial charge is 0.338 e. The highest BCUT2D eigenvalue weighted by atomic mass is 35.5. The third-order valence-electron chi connectivity index (χ3n) is 4.71.